The van der Waals surface area contributed by atoms with Gasteiger partial charge in [-0.2, -0.15) is 0 Å². The van der Waals surface area contributed by atoms with E-state index in [1.807, 2.05) is 0 Å². The van der Waals surface area contributed by atoms with Crippen LogP contribution in [0, 0.1) is 5.92 Å². The first-order chi connectivity index (χ1) is 9.06. The molecule has 0 aromatic heterocycles. The Morgan fingerprint density at radius 1 is 1.32 bits per heavy atom. The van der Waals surface area contributed by atoms with E-state index in [1.165, 1.54) is 24.0 Å². The van der Waals surface area contributed by atoms with Gasteiger partial charge >= 0.3 is 0 Å². The van der Waals surface area contributed by atoms with Crippen molar-refractivity contribution in [2.75, 3.05) is 13.6 Å². The second kappa shape index (κ2) is 6.53. The third-order valence-electron chi connectivity index (χ3n) is 4.15. The molecule has 2 nitrogen and oxygen atoms in total. The molecule has 1 saturated carbocycles. The molecule has 0 heterocycles. The van der Waals surface area contributed by atoms with E-state index in [1.54, 1.807) is 0 Å². The third-order valence-corrected chi connectivity index (χ3v) is 4.15. The zero-order valence-electron chi connectivity index (χ0n) is 12.6. The standard InChI is InChI=1S/C17H28N2/c1-13(2)17(18)9-10-19(3)12-14-5-4-6-16(11-14)15-7-8-15/h4-6,11,13,15,17H,7-10,12,18H2,1-3H3. The number of hydrogen-bond donors (Lipinski definition) is 1. The molecule has 1 aliphatic rings. The molecule has 0 saturated heterocycles. The van der Waals surface area contributed by atoms with Crippen LogP contribution < -0.4 is 5.73 Å². The highest BCUT2D eigenvalue weighted by molar-refractivity contribution is 5.29. The normalized spacial score (nSPS) is 17.2. The molecular weight excluding hydrogens is 232 g/mol. The lowest BCUT2D eigenvalue weighted by molar-refractivity contribution is 0.296. The van der Waals surface area contributed by atoms with Gasteiger partial charge in [0.1, 0.15) is 0 Å². The minimum Gasteiger partial charge on any atom is -0.327 e. The highest BCUT2D eigenvalue weighted by Crippen LogP contribution is 2.40. The second-order valence-electron chi connectivity index (χ2n) is 6.45. The molecule has 0 radical (unpaired) electrons. The molecule has 0 bridgehead atoms. The smallest absolute Gasteiger partial charge is 0.0230 e. The molecule has 1 aliphatic carbocycles. The van der Waals surface area contributed by atoms with Crippen LogP contribution in [0.4, 0.5) is 0 Å². The summed E-state index contributed by atoms with van der Waals surface area (Å²) in [6.45, 7) is 6.51. The Bertz CT molecular complexity index is 396. The fourth-order valence-corrected chi connectivity index (χ4v) is 2.46. The molecular formula is C17H28N2. The minimum atomic E-state index is 0.320. The van der Waals surface area contributed by atoms with E-state index in [2.05, 4.69) is 50.1 Å². The molecule has 1 aromatic rings. The van der Waals surface area contributed by atoms with E-state index in [4.69, 9.17) is 5.73 Å². The van der Waals surface area contributed by atoms with Crippen molar-refractivity contribution in [2.24, 2.45) is 11.7 Å². The number of rotatable bonds is 7. The maximum absolute atomic E-state index is 6.10. The highest BCUT2D eigenvalue weighted by Gasteiger charge is 2.23. The monoisotopic (exact) mass is 260 g/mol. The average molecular weight is 260 g/mol. The van der Waals surface area contributed by atoms with Crippen molar-refractivity contribution in [3.8, 4) is 0 Å². The SMILES string of the molecule is CC(C)C(N)CCN(C)Cc1cccc(C2CC2)c1. The minimum absolute atomic E-state index is 0.320. The van der Waals surface area contributed by atoms with Crippen molar-refractivity contribution in [1.29, 1.82) is 0 Å². The van der Waals surface area contributed by atoms with E-state index in [-0.39, 0.29) is 0 Å². The van der Waals surface area contributed by atoms with Crippen molar-refractivity contribution in [3.05, 3.63) is 35.4 Å². The lowest BCUT2D eigenvalue weighted by atomic mass is 10.0. The zero-order valence-corrected chi connectivity index (χ0v) is 12.6. The van der Waals surface area contributed by atoms with Gasteiger partial charge in [-0.3, -0.25) is 0 Å². The summed E-state index contributed by atoms with van der Waals surface area (Å²) in [6.07, 6.45) is 3.83. The van der Waals surface area contributed by atoms with Crippen LogP contribution in [0.15, 0.2) is 24.3 Å². The summed E-state index contributed by atoms with van der Waals surface area (Å²) >= 11 is 0. The molecule has 106 valence electrons. The largest absolute Gasteiger partial charge is 0.327 e. The predicted octanol–water partition coefficient (Wildman–Crippen LogP) is 3.37. The number of hydrogen-bond acceptors (Lipinski definition) is 2. The van der Waals surface area contributed by atoms with Crippen molar-refractivity contribution < 1.29 is 0 Å². The van der Waals surface area contributed by atoms with Crippen LogP contribution in [0.3, 0.4) is 0 Å². The first-order valence-electron chi connectivity index (χ1n) is 7.59. The van der Waals surface area contributed by atoms with E-state index < -0.39 is 0 Å². The molecule has 2 heteroatoms. The predicted molar refractivity (Wildman–Crippen MR) is 82.2 cm³/mol. The van der Waals surface area contributed by atoms with Gasteiger partial charge in [0.05, 0.1) is 0 Å². The van der Waals surface area contributed by atoms with Crippen molar-refractivity contribution >= 4 is 0 Å². The Morgan fingerprint density at radius 2 is 2.05 bits per heavy atom. The Labute approximate surface area is 118 Å². The Hall–Kier alpha value is -0.860. The third kappa shape index (κ3) is 4.63. The molecule has 0 spiro atoms. The Kier molecular flexibility index (Phi) is 5.00. The van der Waals surface area contributed by atoms with E-state index in [0.29, 0.717) is 12.0 Å². The summed E-state index contributed by atoms with van der Waals surface area (Å²) in [6, 6.07) is 9.42. The van der Waals surface area contributed by atoms with Crippen LogP contribution in [0.5, 0.6) is 0 Å². The zero-order chi connectivity index (χ0) is 13.8. The van der Waals surface area contributed by atoms with Crippen molar-refractivity contribution in [3.63, 3.8) is 0 Å². The second-order valence-corrected chi connectivity index (χ2v) is 6.45. The summed E-state index contributed by atoms with van der Waals surface area (Å²) in [5.41, 5.74) is 9.07. The fourth-order valence-electron chi connectivity index (χ4n) is 2.46. The summed E-state index contributed by atoms with van der Waals surface area (Å²) in [5.74, 6) is 1.42. The highest BCUT2D eigenvalue weighted by atomic mass is 15.1. The topological polar surface area (TPSA) is 29.3 Å². The van der Waals surface area contributed by atoms with Crippen LogP contribution >= 0.6 is 0 Å². The molecule has 1 aromatic carbocycles. The van der Waals surface area contributed by atoms with Crippen LogP contribution in [0.25, 0.3) is 0 Å². The van der Waals surface area contributed by atoms with Gasteiger partial charge in [-0.05, 0) is 55.8 Å². The molecule has 1 atom stereocenters. The van der Waals surface area contributed by atoms with E-state index in [9.17, 15) is 0 Å². The molecule has 0 aliphatic heterocycles. The van der Waals surface area contributed by atoms with Gasteiger partial charge in [-0.1, -0.05) is 38.1 Å². The summed E-state index contributed by atoms with van der Waals surface area (Å²) < 4.78 is 0. The van der Waals surface area contributed by atoms with Crippen molar-refractivity contribution in [1.82, 2.24) is 4.90 Å². The van der Waals surface area contributed by atoms with Gasteiger partial charge in [-0.25, -0.2) is 0 Å². The van der Waals surface area contributed by atoms with Crippen LogP contribution in [0.1, 0.15) is 50.2 Å². The van der Waals surface area contributed by atoms with Gasteiger partial charge in [-0.15, -0.1) is 0 Å². The van der Waals surface area contributed by atoms with E-state index in [0.717, 1.165) is 25.4 Å². The molecule has 19 heavy (non-hydrogen) atoms. The molecule has 1 unspecified atom stereocenters. The lowest BCUT2D eigenvalue weighted by Crippen LogP contribution is -2.31. The number of nitrogens with zero attached hydrogens (tertiary/aromatic N) is 1. The molecule has 2 rings (SSSR count). The van der Waals surface area contributed by atoms with Crippen LogP contribution in [-0.2, 0) is 6.54 Å². The van der Waals surface area contributed by atoms with Crippen LogP contribution in [-0.4, -0.2) is 24.5 Å². The Morgan fingerprint density at radius 3 is 2.68 bits per heavy atom. The maximum atomic E-state index is 6.10. The van der Waals surface area contributed by atoms with Gasteiger partial charge in [0, 0.05) is 12.6 Å². The van der Waals surface area contributed by atoms with E-state index >= 15 is 0 Å². The average Bonchev–Trinajstić information content (AvgIpc) is 3.20. The first kappa shape index (κ1) is 14.5. The van der Waals surface area contributed by atoms with Crippen LogP contribution in [0.2, 0.25) is 0 Å². The lowest BCUT2D eigenvalue weighted by Gasteiger charge is -2.21. The molecule has 0 amide bonds. The summed E-state index contributed by atoms with van der Waals surface area (Å²) in [7, 11) is 2.19. The molecule has 2 N–H and O–H groups in total. The van der Waals surface area contributed by atoms with Gasteiger partial charge in [0.25, 0.3) is 0 Å². The maximum Gasteiger partial charge on any atom is 0.0230 e. The summed E-state index contributed by atoms with van der Waals surface area (Å²) in [4.78, 5) is 2.38. The van der Waals surface area contributed by atoms with Crippen molar-refractivity contribution in [2.45, 2.75) is 51.6 Å². The first-order valence-corrected chi connectivity index (χ1v) is 7.59. The van der Waals surface area contributed by atoms with Gasteiger partial charge in [0.15, 0.2) is 0 Å². The Balaban J connectivity index is 1.81. The van der Waals surface area contributed by atoms with Gasteiger partial charge < -0.3 is 10.6 Å². The van der Waals surface area contributed by atoms with Gasteiger partial charge in [0.2, 0.25) is 0 Å². The quantitative estimate of drug-likeness (QED) is 0.814. The fraction of sp³-hybridized carbons (Fsp3) is 0.647. The number of benzene rings is 1. The number of nitrogens with two attached hydrogens (primary N) is 1. The molecule has 1 fully saturated rings. The summed E-state index contributed by atoms with van der Waals surface area (Å²) in [5, 5.41) is 0.